The van der Waals surface area contributed by atoms with Gasteiger partial charge in [0.15, 0.2) is 11.4 Å². The Labute approximate surface area is 210 Å². The fourth-order valence-corrected chi connectivity index (χ4v) is 3.61. The van der Waals surface area contributed by atoms with E-state index in [4.69, 9.17) is 10.2 Å². The van der Waals surface area contributed by atoms with Crippen LogP contribution >= 0.6 is 15.9 Å². The molecule has 3 aromatic heterocycles. The first-order valence-electron chi connectivity index (χ1n) is 10.5. The minimum Gasteiger partial charge on any atom is -0.444 e. The van der Waals surface area contributed by atoms with E-state index in [1.54, 1.807) is 12.1 Å². The highest BCUT2D eigenvalue weighted by Gasteiger charge is 2.27. The number of amides is 2. The van der Waals surface area contributed by atoms with Crippen LogP contribution in [0.2, 0.25) is 0 Å². The van der Waals surface area contributed by atoms with E-state index in [9.17, 15) is 22.8 Å². The second-order valence-corrected chi connectivity index (χ2v) is 8.20. The van der Waals surface area contributed by atoms with Crippen LogP contribution in [0.5, 0.6) is 0 Å². The molecule has 3 heterocycles. The average molecular weight is 563 g/mol. The van der Waals surface area contributed by atoms with Gasteiger partial charge in [-0.1, -0.05) is 28.1 Å². The number of hydrogen-bond donors (Lipinski definition) is 2. The van der Waals surface area contributed by atoms with Crippen molar-refractivity contribution in [2.45, 2.75) is 24.3 Å². The summed E-state index contributed by atoms with van der Waals surface area (Å²) in [4.78, 5) is 32.7. The van der Waals surface area contributed by atoms with E-state index >= 15 is 0 Å². The summed E-state index contributed by atoms with van der Waals surface area (Å²) in [5, 5.41) is 7.38. The van der Waals surface area contributed by atoms with Crippen molar-refractivity contribution in [3.8, 4) is 17.1 Å². The third-order valence-corrected chi connectivity index (χ3v) is 5.66. The summed E-state index contributed by atoms with van der Waals surface area (Å²) in [5.41, 5.74) is 7.47. The van der Waals surface area contributed by atoms with Crippen molar-refractivity contribution in [1.82, 2.24) is 19.7 Å². The molecule has 0 radical (unpaired) electrons. The lowest BCUT2D eigenvalue weighted by atomic mass is 10.1. The topological polar surface area (TPSA) is 129 Å². The molecule has 0 fully saturated rings. The second-order valence-electron chi connectivity index (χ2n) is 7.64. The van der Waals surface area contributed by atoms with Crippen LogP contribution in [0.3, 0.4) is 0 Å². The zero-order valence-corrected chi connectivity index (χ0v) is 20.0. The number of carbonyl (C=O) groups excluding carboxylic acids is 2. The Balaban J connectivity index is 1.52. The fourth-order valence-electron chi connectivity index (χ4n) is 3.23. The van der Waals surface area contributed by atoms with E-state index < -0.39 is 24.4 Å². The van der Waals surface area contributed by atoms with E-state index in [2.05, 4.69) is 36.3 Å². The first-order chi connectivity index (χ1) is 17.1. The number of primary amides is 1. The van der Waals surface area contributed by atoms with E-state index in [-0.39, 0.29) is 35.1 Å². The summed E-state index contributed by atoms with van der Waals surface area (Å²) in [5.74, 6) is -1.52. The average Bonchev–Trinajstić information content (AvgIpc) is 3.51. The van der Waals surface area contributed by atoms with E-state index in [0.717, 1.165) is 11.8 Å². The highest BCUT2D eigenvalue weighted by molar-refractivity contribution is 9.08. The molecule has 13 heteroatoms. The number of rotatable bonds is 8. The smallest absolute Gasteiger partial charge is 0.389 e. The number of nitrogens with one attached hydrogen (secondary N) is 1. The van der Waals surface area contributed by atoms with Gasteiger partial charge in [-0.15, -0.1) is 0 Å². The van der Waals surface area contributed by atoms with Gasteiger partial charge >= 0.3 is 6.18 Å². The van der Waals surface area contributed by atoms with Gasteiger partial charge in [0.05, 0.1) is 17.6 Å². The Morgan fingerprint density at radius 1 is 1.17 bits per heavy atom. The molecule has 4 rings (SSSR count). The first-order valence-corrected chi connectivity index (χ1v) is 11.6. The third-order valence-electron chi connectivity index (χ3n) is 5.02. The van der Waals surface area contributed by atoms with Gasteiger partial charge in [-0.05, 0) is 36.2 Å². The van der Waals surface area contributed by atoms with Crippen LogP contribution in [0.4, 0.5) is 18.9 Å². The van der Waals surface area contributed by atoms with E-state index in [1.165, 1.54) is 29.2 Å². The number of benzene rings is 1. The van der Waals surface area contributed by atoms with Gasteiger partial charge in [-0.2, -0.15) is 18.3 Å². The minimum absolute atomic E-state index is 0.0218. The molecule has 2 amide bonds. The van der Waals surface area contributed by atoms with Gasteiger partial charge in [-0.3, -0.25) is 14.6 Å². The summed E-state index contributed by atoms with van der Waals surface area (Å²) in [6, 6.07) is 10.2. The molecule has 0 saturated carbocycles. The zero-order valence-electron chi connectivity index (χ0n) is 18.4. The van der Waals surface area contributed by atoms with Crippen LogP contribution in [0.25, 0.3) is 17.1 Å². The largest absolute Gasteiger partial charge is 0.444 e. The highest BCUT2D eigenvalue weighted by atomic mass is 79.9. The number of carbonyl (C=O) groups is 2. The quantitative estimate of drug-likeness (QED) is 0.300. The van der Waals surface area contributed by atoms with Crippen LogP contribution < -0.4 is 11.1 Å². The second kappa shape index (κ2) is 10.3. The number of aromatic nitrogens is 4. The van der Waals surface area contributed by atoms with Crippen LogP contribution in [0, 0.1) is 0 Å². The Morgan fingerprint density at radius 3 is 2.58 bits per heavy atom. The number of oxazole rings is 1. The lowest BCUT2D eigenvalue weighted by Crippen LogP contribution is -2.18. The Hall–Kier alpha value is -4.00. The number of pyridine rings is 1. The number of nitrogens with zero attached hydrogens (tertiary/aromatic N) is 4. The Bertz CT molecular complexity index is 1400. The van der Waals surface area contributed by atoms with Gasteiger partial charge in [0.1, 0.15) is 6.26 Å². The molecule has 0 atom stereocenters. The van der Waals surface area contributed by atoms with Gasteiger partial charge < -0.3 is 15.5 Å². The monoisotopic (exact) mass is 562 g/mol. The molecule has 4 aromatic rings. The van der Waals surface area contributed by atoms with Crippen molar-refractivity contribution in [3.63, 3.8) is 0 Å². The third kappa shape index (κ3) is 5.97. The van der Waals surface area contributed by atoms with Crippen molar-refractivity contribution in [1.29, 1.82) is 0 Å². The lowest BCUT2D eigenvalue weighted by Gasteiger charge is -2.05. The van der Waals surface area contributed by atoms with Crippen molar-refractivity contribution in [2.24, 2.45) is 5.73 Å². The van der Waals surface area contributed by atoms with Gasteiger partial charge in [0.25, 0.3) is 11.8 Å². The number of nitrogens with two attached hydrogens (primary N) is 1. The summed E-state index contributed by atoms with van der Waals surface area (Å²) in [6.45, 7) is 0. The molecular weight excluding hydrogens is 545 g/mol. The molecule has 0 bridgehead atoms. The molecule has 9 nitrogen and oxygen atoms in total. The standard InChI is InChI=1S/C23H18BrF3N6O3/c24-10-13-1-3-16(4-2-13)33-11-17(19(32-33)20(28)34)30-21(35)18-12-36-22(31-18)14-6-8-29-15(9-14)5-7-23(25,26)27/h1-4,6,8-9,11-12H,5,7,10H2,(H2,28,34)(H,30,35). The maximum Gasteiger partial charge on any atom is 0.389 e. The van der Waals surface area contributed by atoms with Crippen molar-refractivity contribution in [3.05, 3.63) is 77.7 Å². The molecular formula is C23H18BrF3N6O3. The number of aryl methyl sites for hydroxylation is 1. The van der Waals surface area contributed by atoms with Crippen molar-refractivity contribution in [2.75, 3.05) is 5.32 Å². The molecule has 0 aliphatic carbocycles. The van der Waals surface area contributed by atoms with E-state index in [0.29, 0.717) is 16.6 Å². The molecule has 0 aliphatic heterocycles. The summed E-state index contributed by atoms with van der Waals surface area (Å²) in [7, 11) is 0. The predicted octanol–water partition coefficient (Wildman–Crippen LogP) is 4.66. The summed E-state index contributed by atoms with van der Waals surface area (Å²) < 4.78 is 44.3. The van der Waals surface area contributed by atoms with Crippen LogP contribution in [0.15, 0.2) is 59.5 Å². The molecule has 0 spiro atoms. The fraction of sp³-hybridized carbons (Fsp3) is 0.174. The van der Waals surface area contributed by atoms with Crippen LogP contribution in [0.1, 0.15) is 38.7 Å². The molecule has 36 heavy (non-hydrogen) atoms. The lowest BCUT2D eigenvalue weighted by molar-refractivity contribution is -0.134. The van der Waals surface area contributed by atoms with Gasteiger partial charge in [-0.25, -0.2) is 9.67 Å². The number of hydrogen-bond acceptors (Lipinski definition) is 6. The summed E-state index contributed by atoms with van der Waals surface area (Å²) >= 11 is 3.37. The number of alkyl halides is 4. The molecule has 1 aromatic carbocycles. The predicted molar refractivity (Wildman–Crippen MR) is 127 cm³/mol. The maximum atomic E-state index is 12.8. The van der Waals surface area contributed by atoms with Crippen molar-refractivity contribution < 1.29 is 27.2 Å². The van der Waals surface area contributed by atoms with E-state index in [1.807, 2.05) is 12.1 Å². The molecule has 0 aliphatic rings. The number of anilines is 1. The maximum absolute atomic E-state index is 12.8. The molecule has 3 N–H and O–H groups in total. The zero-order chi connectivity index (χ0) is 25.9. The Kier molecular flexibility index (Phi) is 7.20. The Morgan fingerprint density at radius 2 is 1.92 bits per heavy atom. The summed E-state index contributed by atoms with van der Waals surface area (Å²) in [6.07, 6.45) is -1.75. The van der Waals surface area contributed by atoms with Crippen molar-refractivity contribution >= 4 is 33.4 Å². The first kappa shape index (κ1) is 25.1. The number of halogens is 4. The van der Waals surface area contributed by atoms with Crippen LogP contribution in [-0.2, 0) is 11.8 Å². The SMILES string of the molecule is NC(=O)c1nn(-c2ccc(CBr)cc2)cc1NC(=O)c1coc(-c2ccnc(CCC(F)(F)F)c2)n1. The highest BCUT2D eigenvalue weighted by Crippen LogP contribution is 2.25. The van der Waals surface area contributed by atoms with Crippen LogP contribution in [-0.4, -0.2) is 37.7 Å². The molecule has 0 saturated heterocycles. The van der Waals surface area contributed by atoms with Gasteiger partial charge in [0, 0.05) is 29.2 Å². The molecule has 0 unspecified atom stereocenters. The minimum atomic E-state index is -4.31. The van der Waals surface area contributed by atoms with Gasteiger partial charge in [0.2, 0.25) is 5.89 Å². The molecule has 186 valence electrons. The normalized spacial score (nSPS) is 11.4.